The Morgan fingerprint density at radius 3 is 2.60 bits per heavy atom. The Bertz CT molecular complexity index is 1280. The first-order valence-electron chi connectivity index (χ1n) is 10.6. The molecule has 0 bridgehead atoms. The zero-order chi connectivity index (χ0) is 25.0. The van der Waals surface area contributed by atoms with Crippen LogP contribution in [0.4, 0.5) is 24.8 Å². The van der Waals surface area contributed by atoms with Crippen molar-refractivity contribution < 1.29 is 17.9 Å². The standard InChI is InChI=1S/C24H20ClF3N6O/c1-14-2-6-17(10-20(14)25)32-23-19(11-29)22(33-34-23)31-12-15-3-7-18(8-4-15)35-21-9-5-16(13-30-21)24(26,27)28/h2-10,13-14,20H,12H2,1H3,(H3,31,32,33,34). The van der Waals surface area contributed by atoms with E-state index in [1.54, 1.807) is 24.3 Å². The number of ether oxygens (including phenoxy) is 1. The lowest BCUT2D eigenvalue weighted by Crippen LogP contribution is -2.13. The van der Waals surface area contributed by atoms with Gasteiger partial charge in [-0.2, -0.15) is 23.5 Å². The molecule has 1 aliphatic carbocycles. The largest absolute Gasteiger partial charge is 0.439 e. The van der Waals surface area contributed by atoms with Gasteiger partial charge in [-0.3, -0.25) is 5.10 Å². The maximum atomic E-state index is 12.6. The van der Waals surface area contributed by atoms with Gasteiger partial charge in [-0.05, 0) is 41.8 Å². The lowest BCUT2D eigenvalue weighted by molar-refractivity contribution is -0.137. The van der Waals surface area contributed by atoms with E-state index in [-0.39, 0.29) is 17.2 Å². The Hall–Kier alpha value is -3.97. The van der Waals surface area contributed by atoms with E-state index < -0.39 is 11.7 Å². The third-order valence-corrected chi connectivity index (χ3v) is 5.76. The van der Waals surface area contributed by atoms with Gasteiger partial charge in [0, 0.05) is 24.5 Å². The predicted octanol–water partition coefficient (Wildman–Crippen LogP) is 6.21. The minimum Gasteiger partial charge on any atom is -0.439 e. The van der Waals surface area contributed by atoms with Crippen LogP contribution in [0.3, 0.4) is 0 Å². The summed E-state index contributed by atoms with van der Waals surface area (Å²) in [6.07, 6.45) is 2.05. The zero-order valence-electron chi connectivity index (χ0n) is 18.4. The lowest BCUT2D eigenvalue weighted by Gasteiger charge is -2.17. The molecule has 1 aromatic carbocycles. The summed E-state index contributed by atoms with van der Waals surface area (Å²) in [4.78, 5) is 3.69. The molecule has 0 amide bonds. The van der Waals surface area contributed by atoms with E-state index in [9.17, 15) is 18.4 Å². The van der Waals surface area contributed by atoms with Gasteiger partial charge in [0.25, 0.3) is 0 Å². The van der Waals surface area contributed by atoms with Gasteiger partial charge in [0.15, 0.2) is 5.82 Å². The van der Waals surface area contributed by atoms with E-state index in [1.807, 2.05) is 25.2 Å². The molecule has 0 fully saturated rings. The number of pyridine rings is 1. The molecule has 2 aromatic heterocycles. The van der Waals surface area contributed by atoms with Crippen LogP contribution in [0.1, 0.15) is 23.6 Å². The van der Waals surface area contributed by atoms with Crippen LogP contribution in [0.15, 0.2) is 66.5 Å². The van der Waals surface area contributed by atoms with Crippen LogP contribution in [0.5, 0.6) is 11.6 Å². The fraction of sp³-hybridized carbons (Fsp3) is 0.208. The van der Waals surface area contributed by atoms with Gasteiger partial charge in [-0.1, -0.05) is 25.1 Å². The van der Waals surface area contributed by atoms with Crippen molar-refractivity contribution in [3.63, 3.8) is 0 Å². The molecule has 2 atom stereocenters. The molecule has 0 aliphatic heterocycles. The number of benzene rings is 1. The minimum absolute atomic E-state index is 0.0527. The molecule has 11 heteroatoms. The molecule has 7 nitrogen and oxygen atoms in total. The Kier molecular flexibility index (Phi) is 6.98. The van der Waals surface area contributed by atoms with Crippen molar-refractivity contribution >= 4 is 23.2 Å². The van der Waals surface area contributed by atoms with Crippen LogP contribution in [-0.4, -0.2) is 20.6 Å². The first kappa shape index (κ1) is 24.2. The molecule has 0 radical (unpaired) electrons. The van der Waals surface area contributed by atoms with E-state index in [4.69, 9.17) is 16.3 Å². The molecule has 0 spiro atoms. The highest BCUT2D eigenvalue weighted by atomic mass is 35.5. The number of rotatable bonds is 7. The molecule has 35 heavy (non-hydrogen) atoms. The van der Waals surface area contributed by atoms with Gasteiger partial charge >= 0.3 is 6.18 Å². The molecule has 180 valence electrons. The SMILES string of the molecule is CC1C=CC(Nc2[nH]nc(NCc3ccc(Oc4ccc(C(F)(F)F)cn4)cc3)c2C#N)=CC1Cl. The quantitative estimate of drug-likeness (QED) is 0.334. The molecule has 2 unspecified atom stereocenters. The topological polar surface area (TPSA) is 98.7 Å². The number of aromatic amines is 1. The molecule has 3 aromatic rings. The number of anilines is 2. The van der Waals surface area contributed by atoms with E-state index in [1.165, 1.54) is 0 Å². The van der Waals surface area contributed by atoms with Crippen molar-refractivity contribution in [3.05, 3.63) is 83.2 Å². The van der Waals surface area contributed by atoms with Crippen LogP contribution >= 0.6 is 11.6 Å². The number of aromatic nitrogens is 3. The van der Waals surface area contributed by atoms with Crippen molar-refractivity contribution in [2.75, 3.05) is 10.6 Å². The molecule has 0 saturated carbocycles. The number of allylic oxidation sites excluding steroid dienone is 3. The maximum absolute atomic E-state index is 12.6. The van der Waals surface area contributed by atoms with Gasteiger partial charge in [0.05, 0.1) is 10.9 Å². The summed E-state index contributed by atoms with van der Waals surface area (Å²) in [6.45, 7) is 2.40. The fourth-order valence-corrected chi connectivity index (χ4v) is 3.45. The number of hydrogen-bond acceptors (Lipinski definition) is 6. The molecular formula is C24H20ClF3N6O. The monoisotopic (exact) mass is 500 g/mol. The number of H-pyrrole nitrogens is 1. The molecule has 0 saturated heterocycles. The molecule has 1 aliphatic rings. The molecular weight excluding hydrogens is 481 g/mol. The fourth-order valence-electron chi connectivity index (χ4n) is 3.23. The first-order chi connectivity index (χ1) is 16.7. The first-order valence-corrected chi connectivity index (χ1v) is 11.0. The number of alkyl halides is 4. The van der Waals surface area contributed by atoms with Crippen LogP contribution < -0.4 is 15.4 Å². The Labute approximate surface area is 204 Å². The Morgan fingerprint density at radius 2 is 1.97 bits per heavy atom. The summed E-state index contributed by atoms with van der Waals surface area (Å²) < 4.78 is 43.4. The number of nitriles is 1. The third-order valence-electron chi connectivity index (χ3n) is 5.24. The average molecular weight is 501 g/mol. The van der Waals surface area contributed by atoms with Crippen LogP contribution in [0, 0.1) is 17.2 Å². The van der Waals surface area contributed by atoms with E-state index in [0.29, 0.717) is 29.5 Å². The minimum atomic E-state index is -4.45. The predicted molar refractivity (Wildman–Crippen MR) is 126 cm³/mol. The van der Waals surface area contributed by atoms with E-state index in [0.717, 1.165) is 29.6 Å². The van der Waals surface area contributed by atoms with E-state index >= 15 is 0 Å². The highest BCUT2D eigenvalue weighted by molar-refractivity contribution is 6.22. The van der Waals surface area contributed by atoms with Crippen LogP contribution in [0.2, 0.25) is 0 Å². The van der Waals surface area contributed by atoms with E-state index in [2.05, 4.69) is 31.9 Å². The van der Waals surface area contributed by atoms with Crippen molar-refractivity contribution in [3.8, 4) is 17.7 Å². The second kappa shape index (κ2) is 10.1. The zero-order valence-corrected chi connectivity index (χ0v) is 19.2. The normalized spacial score (nSPS) is 17.4. The average Bonchev–Trinajstić information content (AvgIpc) is 3.22. The highest BCUT2D eigenvalue weighted by Crippen LogP contribution is 2.30. The number of nitrogens with zero attached hydrogens (tertiary/aromatic N) is 3. The molecule has 4 rings (SSSR count). The number of nitrogens with one attached hydrogen (secondary N) is 3. The summed E-state index contributed by atoms with van der Waals surface area (Å²) >= 11 is 6.28. The summed E-state index contributed by atoms with van der Waals surface area (Å²) in [5, 5.41) is 22.7. The van der Waals surface area contributed by atoms with Crippen LogP contribution in [0.25, 0.3) is 0 Å². The lowest BCUT2D eigenvalue weighted by atomic mass is 10.0. The summed E-state index contributed by atoms with van der Waals surface area (Å²) in [5.41, 5.74) is 1.13. The Morgan fingerprint density at radius 1 is 1.20 bits per heavy atom. The van der Waals surface area contributed by atoms with Crippen LogP contribution in [-0.2, 0) is 12.7 Å². The maximum Gasteiger partial charge on any atom is 0.417 e. The second-order valence-corrected chi connectivity index (χ2v) is 8.33. The highest BCUT2D eigenvalue weighted by Gasteiger charge is 2.30. The number of hydrogen-bond donors (Lipinski definition) is 3. The van der Waals surface area contributed by atoms with Gasteiger partial charge in [-0.15, -0.1) is 11.6 Å². The van der Waals surface area contributed by atoms with Crippen molar-refractivity contribution in [2.24, 2.45) is 5.92 Å². The van der Waals surface area contributed by atoms with Gasteiger partial charge in [-0.25, -0.2) is 4.98 Å². The van der Waals surface area contributed by atoms with Gasteiger partial charge in [0.1, 0.15) is 23.2 Å². The van der Waals surface area contributed by atoms with Gasteiger partial charge < -0.3 is 15.4 Å². The summed E-state index contributed by atoms with van der Waals surface area (Å²) in [7, 11) is 0. The Balaban J connectivity index is 1.36. The second-order valence-electron chi connectivity index (χ2n) is 7.83. The van der Waals surface area contributed by atoms with Crippen molar-refractivity contribution in [2.45, 2.75) is 25.0 Å². The molecule has 2 heterocycles. The van der Waals surface area contributed by atoms with Crippen molar-refractivity contribution in [1.82, 2.24) is 15.2 Å². The molecule has 3 N–H and O–H groups in total. The van der Waals surface area contributed by atoms with Gasteiger partial charge in [0.2, 0.25) is 5.88 Å². The summed E-state index contributed by atoms with van der Waals surface area (Å²) in [6, 6.07) is 11.1. The summed E-state index contributed by atoms with van der Waals surface area (Å²) in [5.74, 6) is 1.54. The van der Waals surface area contributed by atoms with Crippen molar-refractivity contribution in [1.29, 1.82) is 5.26 Å². The number of halogens is 4. The smallest absolute Gasteiger partial charge is 0.417 e. The third kappa shape index (κ3) is 5.94.